The fourth-order valence-corrected chi connectivity index (χ4v) is 6.13. The van der Waals surface area contributed by atoms with Crippen LogP contribution in [0.3, 0.4) is 0 Å². The lowest BCUT2D eigenvalue weighted by Crippen LogP contribution is -2.44. The summed E-state index contributed by atoms with van der Waals surface area (Å²) in [5.41, 5.74) is 1.43. The summed E-state index contributed by atoms with van der Waals surface area (Å²) in [5, 5.41) is 18.7. The second-order valence-electron chi connectivity index (χ2n) is 11.4. The van der Waals surface area contributed by atoms with E-state index in [4.69, 9.17) is 18.9 Å². The van der Waals surface area contributed by atoms with Gasteiger partial charge < -0.3 is 29.2 Å². The number of alkyl halides is 1. The van der Waals surface area contributed by atoms with Gasteiger partial charge in [0.2, 0.25) is 0 Å². The van der Waals surface area contributed by atoms with E-state index in [2.05, 4.69) is 49.3 Å². The van der Waals surface area contributed by atoms with E-state index in [9.17, 15) is 19.8 Å². The van der Waals surface area contributed by atoms with Gasteiger partial charge in [0.05, 0.1) is 63.2 Å². The van der Waals surface area contributed by atoms with Crippen molar-refractivity contribution < 1.29 is 38.7 Å². The first-order chi connectivity index (χ1) is 21.2. The molecule has 1 aliphatic carbocycles. The van der Waals surface area contributed by atoms with Gasteiger partial charge in [-0.1, -0.05) is 41.6 Å². The number of fused-ring (bicyclic) bond motifs is 1. The number of hydrogen-bond donors (Lipinski definition) is 2. The summed E-state index contributed by atoms with van der Waals surface area (Å²) in [4.78, 5) is 35.8. The zero-order chi connectivity index (χ0) is 31.4. The Bertz CT molecular complexity index is 1220. The van der Waals surface area contributed by atoms with Gasteiger partial charge in [0.15, 0.2) is 0 Å². The SMILES string of the molecule is CC1(I)CCC2OCCN(Cc3cccc(C(=O)O)n3)CCOCCOCCN(Cc3cccc(C(=O)O)n3)CCOC2C1. The topological polar surface area (TPSA) is 144 Å². The van der Waals surface area contributed by atoms with Gasteiger partial charge in [-0.2, -0.15) is 0 Å². The zero-order valence-electron chi connectivity index (χ0n) is 25.2. The molecule has 2 aliphatic rings. The number of carbonyl (C=O) groups is 2. The number of pyridine rings is 2. The fourth-order valence-electron chi connectivity index (χ4n) is 5.39. The Morgan fingerprint density at radius 3 is 1.77 bits per heavy atom. The molecule has 2 aromatic heterocycles. The third-order valence-electron chi connectivity index (χ3n) is 7.77. The first-order valence-electron chi connectivity index (χ1n) is 15.1. The Balaban J connectivity index is 1.40. The number of aromatic nitrogens is 2. The monoisotopic (exact) mass is 726 g/mol. The largest absolute Gasteiger partial charge is 0.477 e. The maximum Gasteiger partial charge on any atom is 0.354 e. The molecule has 0 spiro atoms. The van der Waals surface area contributed by atoms with Gasteiger partial charge in [-0.05, 0) is 43.5 Å². The maximum absolute atomic E-state index is 11.4. The van der Waals surface area contributed by atoms with Crippen molar-refractivity contribution in [2.45, 2.75) is 54.9 Å². The Kier molecular flexibility index (Phi) is 13.7. The molecule has 0 amide bonds. The Morgan fingerprint density at radius 2 is 1.27 bits per heavy atom. The quantitative estimate of drug-likeness (QED) is 0.333. The molecule has 0 aromatic carbocycles. The van der Waals surface area contributed by atoms with E-state index in [0.717, 1.165) is 19.3 Å². The van der Waals surface area contributed by atoms with Crippen LogP contribution in [0.1, 0.15) is 58.6 Å². The molecule has 1 saturated carbocycles. The summed E-state index contributed by atoms with van der Waals surface area (Å²) >= 11 is 2.52. The average molecular weight is 727 g/mol. The van der Waals surface area contributed by atoms with E-state index >= 15 is 0 Å². The molecule has 2 N–H and O–H groups in total. The summed E-state index contributed by atoms with van der Waals surface area (Å²) in [6.45, 7) is 8.63. The summed E-state index contributed by atoms with van der Waals surface area (Å²) < 4.78 is 24.8. The van der Waals surface area contributed by atoms with Gasteiger partial charge >= 0.3 is 11.9 Å². The number of hydrogen-bond acceptors (Lipinski definition) is 10. The van der Waals surface area contributed by atoms with Crippen LogP contribution in [-0.2, 0) is 32.0 Å². The molecule has 3 heterocycles. The summed E-state index contributed by atoms with van der Waals surface area (Å²) in [5.74, 6) is -2.09. The molecular formula is C31H43IN4O8. The molecular weight excluding hydrogens is 683 g/mol. The van der Waals surface area contributed by atoms with Crippen LogP contribution in [0.2, 0.25) is 0 Å². The summed E-state index contributed by atoms with van der Waals surface area (Å²) in [6.07, 6.45) is 2.73. The van der Waals surface area contributed by atoms with Crippen LogP contribution in [0.25, 0.3) is 0 Å². The molecule has 242 valence electrons. The van der Waals surface area contributed by atoms with Crippen LogP contribution < -0.4 is 0 Å². The number of carboxylic acid groups (broad SMARTS) is 2. The predicted molar refractivity (Wildman–Crippen MR) is 170 cm³/mol. The van der Waals surface area contributed by atoms with Crippen molar-refractivity contribution in [1.82, 2.24) is 19.8 Å². The number of nitrogens with zero attached hydrogens (tertiary/aromatic N) is 4. The van der Waals surface area contributed by atoms with E-state index in [1.807, 2.05) is 12.1 Å². The molecule has 1 aliphatic heterocycles. The number of halogens is 1. The number of carboxylic acids is 2. The van der Waals surface area contributed by atoms with Crippen molar-refractivity contribution in [3.8, 4) is 0 Å². The van der Waals surface area contributed by atoms with Gasteiger partial charge in [-0.15, -0.1) is 0 Å². The molecule has 3 unspecified atom stereocenters. The molecule has 4 rings (SSSR count). The minimum absolute atomic E-state index is 0.0284. The van der Waals surface area contributed by atoms with Crippen LogP contribution in [0, 0.1) is 0 Å². The highest BCUT2D eigenvalue weighted by Crippen LogP contribution is 2.38. The molecule has 0 radical (unpaired) electrons. The smallest absolute Gasteiger partial charge is 0.354 e. The van der Waals surface area contributed by atoms with Crippen LogP contribution in [0.5, 0.6) is 0 Å². The normalized spacial score (nSPS) is 25.8. The van der Waals surface area contributed by atoms with Gasteiger partial charge in [0, 0.05) is 42.7 Å². The zero-order valence-corrected chi connectivity index (χ0v) is 27.4. The Hall–Kier alpha value is -2.27. The van der Waals surface area contributed by atoms with Crippen LogP contribution in [0.4, 0.5) is 0 Å². The van der Waals surface area contributed by atoms with Gasteiger partial charge in [0.1, 0.15) is 11.4 Å². The highest BCUT2D eigenvalue weighted by molar-refractivity contribution is 14.1. The van der Waals surface area contributed by atoms with Crippen molar-refractivity contribution in [2.75, 3.05) is 65.8 Å². The third kappa shape index (κ3) is 11.6. The average Bonchev–Trinajstić information content (AvgIpc) is 2.98. The number of aromatic carboxylic acids is 2. The van der Waals surface area contributed by atoms with Crippen molar-refractivity contribution >= 4 is 34.5 Å². The Morgan fingerprint density at radius 1 is 0.795 bits per heavy atom. The summed E-state index contributed by atoms with van der Waals surface area (Å²) in [7, 11) is 0. The minimum atomic E-state index is -1.05. The first kappa shape index (κ1) is 34.6. The van der Waals surface area contributed by atoms with Crippen molar-refractivity contribution in [2.24, 2.45) is 0 Å². The van der Waals surface area contributed by atoms with Crippen molar-refractivity contribution in [3.63, 3.8) is 0 Å². The lowest BCUT2D eigenvalue weighted by molar-refractivity contribution is -0.103. The number of rotatable bonds is 6. The lowest BCUT2D eigenvalue weighted by atomic mass is 9.86. The second kappa shape index (κ2) is 17.4. The molecule has 2 fully saturated rings. The van der Waals surface area contributed by atoms with E-state index in [0.29, 0.717) is 90.3 Å². The number of ether oxygens (including phenoxy) is 4. The van der Waals surface area contributed by atoms with E-state index in [1.165, 1.54) is 12.1 Å². The van der Waals surface area contributed by atoms with Gasteiger partial charge in [-0.25, -0.2) is 19.6 Å². The maximum atomic E-state index is 11.4. The van der Waals surface area contributed by atoms with Gasteiger partial charge in [0.25, 0.3) is 0 Å². The molecule has 12 nitrogen and oxygen atoms in total. The molecule has 44 heavy (non-hydrogen) atoms. The Labute approximate surface area is 272 Å². The molecule has 13 heteroatoms. The molecule has 0 bridgehead atoms. The first-order valence-corrected chi connectivity index (χ1v) is 16.2. The predicted octanol–water partition coefficient (Wildman–Crippen LogP) is 3.37. The molecule has 2 aromatic rings. The molecule has 1 saturated heterocycles. The standard InChI is InChI=1S/C31H43IN4O8/c1-31(32)9-8-27-28(20-31)44-17-13-36(22-24-5-3-7-26(34-24)30(39)40)11-15-42-19-18-41-14-10-35(12-16-43-27)21-23-4-2-6-25(33-23)29(37)38/h2-7,27-28H,8-22H2,1H3,(H,37,38)(H,39,40). The van der Waals surface area contributed by atoms with Crippen molar-refractivity contribution in [3.05, 3.63) is 59.2 Å². The highest BCUT2D eigenvalue weighted by Gasteiger charge is 2.37. The molecule has 3 atom stereocenters. The highest BCUT2D eigenvalue weighted by atomic mass is 127. The lowest BCUT2D eigenvalue weighted by Gasteiger charge is -2.39. The van der Waals surface area contributed by atoms with Gasteiger partial charge in [-0.3, -0.25) is 9.80 Å². The van der Waals surface area contributed by atoms with Crippen LogP contribution >= 0.6 is 22.6 Å². The second-order valence-corrected chi connectivity index (χ2v) is 14.0. The van der Waals surface area contributed by atoms with E-state index < -0.39 is 11.9 Å². The van der Waals surface area contributed by atoms with E-state index in [1.54, 1.807) is 12.1 Å². The fraction of sp³-hybridized carbons (Fsp3) is 0.613. The van der Waals surface area contributed by atoms with E-state index in [-0.39, 0.29) is 27.0 Å². The van der Waals surface area contributed by atoms with Crippen LogP contribution in [-0.4, -0.2) is 123 Å². The van der Waals surface area contributed by atoms with Crippen molar-refractivity contribution in [1.29, 1.82) is 0 Å². The third-order valence-corrected chi connectivity index (χ3v) is 8.75. The summed E-state index contributed by atoms with van der Waals surface area (Å²) in [6, 6.07) is 10.1. The minimum Gasteiger partial charge on any atom is -0.477 e. The van der Waals surface area contributed by atoms with Crippen LogP contribution in [0.15, 0.2) is 36.4 Å².